The lowest BCUT2D eigenvalue weighted by atomic mass is 10.1. The Balaban J connectivity index is 0.00000364. The highest BCUT2D eigenvalue weighted by Crippen LogP contribution is 2.13. The van der Waals surface area contributed by atoms with Gasteiger partial charge >= 0.3 is 0 Å². The summed E-state index contributed by atoms with van der Waals surface area (Å²) in [6, 6.07) is 8.33. The average Bonchev–Trinajstić information content (AvgIpc) is 3.02. The number of nitrogens with zero attached hydrogens (tertiary/aromatic N) is 4. The number of hydrogen-bond acceptors (Lipinski definition) is 3. The van der Waals surface area contributed by atoms with E-state index in [0.29, 0.717) is 5.92 Å². The van der Waals surface area contributed by atoms with E-state index < -0.39 is 0 Å². The van der Waals surface area contributed by atoms with Crippen LogP contribution in [-0.2, 0) is 20.0 Å². The predicted molar refractivity (Wildman–Crippen MR) is 122 cm³/mol. The number of rotatable bonds is 8. The number of guanidine groups is 1. The molecule has 2 aromatic rings. The number of aryl methyl sites for hydroxylation is 1. The molecule has 0 atom stereocenters. The Labute approximate surface area is 180 Å². The molecule has 7 heteroatoms. The van der Waals surface area contributed by atoms with Gasteiger partial charge in [0.15, 0.2) is 5.96 Å². The highest BCUT2D eigenvalue weighted by molar-refractivity contribution is 14.0. The summed E-state index contributed by atoms with van der Waals surface area (Å²) in [4.78, 5) is 6.46. The Morgan fingerprint density at radius 2 is 1.96 bits per heavy atom. The Morgan fingerprint density at radius 3 is 2.52 bits per heavy atom. The van der Waals surface area contributed by atoms with Crippen LogP contribution in [-0.4, -0.2) is 47.9 Å². The molecule has 0 spiro atoms. The molecule has 0 saturated heterocycles. The largest absolute Gasteiger partial charge is 0.493 e. The number of nitrogens with one attached hydrogen (secondary N) is 1. The summed E-state index contributed by atoms with van der Waals surface area (Å²) in [6.45, 7) is 6.66. The third-order valence-electron chi connectivity index (χ3n) is 3.95. The van der Waals surface area contributed by atoms with Crippen LogP contribution in [0, 0.1) is 5.92 Å². The van der Waals surface area contributed by atoms with Gasteiger partial charge in [0.2, 0.25) is 0 Å². The van der Waals surface area contributed by atoms with Crippen LogP contribution in [0.1, 0.15) is 25.0 Å². The molecule has 0 amide bonds. The molecular formula is C20H32IN5O. The smallest absolute Gasteiger partial charge is 0.193 e. The molecule has 0 aliphatic rings. The van der Waals surface area contributed by atoms with Gasteiger partial charge in [-0.15, -0.1) is 24.0 Å². The molecule has 0 aliphatic carbocycles. The summed E-state index contributed by atoms with van der Waals surface area (Å²) < 4.78 is 7.54. The SMILES string of the molecule is CN=C(NCCc1ccc(OCC(C)C)cc1)N(C)Cc1cnn(C)c1.I. The second kappa shape index (κ2) is 11.8. The summed E-state index contributed by atoms with van der Waals surface area (Å²) in [6.07, 6.45) is 4.84. The molecule has 0 unspecified atom stereocenters. The van der Waals surface area contributed by atoms with Crippen molar-refractivity contribution in [1.29, 1.82) is 0 Å². The Hall–Kier alpha value is -1.77. The van der Waals surface area contributed by atoms with Crippen LogP contribution >= 0.6 is 24.0 Å². The lowest BCUT2D eigenvalue weighted by molar-refractivity contribution is 0.271. The van der Waals surface area contributed by atoms with Crippen LogP contribution in [0.5, 0.6) is 5.75 Å². The maximum atomic E-state index is 5.72. The van der Waals surface area contributed by atoms with Gasteiger partial charge in [-0.2, -0.15) is 5.10 Å². The Morgan fingerprint density at radius 1 is 1.26 bits per heavy atom. The van der Waals surface area contributed by atoms with E-state index >= 15 is 0 Å². The number of ether oxygens (including phenoxy) is 1. The van der Waals surface area contributed by atoms with Crippen LogP contribution in [0.15, 0.2) is 41.7 Å². The summed E-state index contributed by atoms with van der Waals surface area (Å²) in [5.74, 6) is 2.35. The highest BCUT2D eigenvalue weighted by atomic mass is 127. The van der Waals surface area contributed by atoms with E-state index in [4.69, 9.17) is 4.74 Å². The molecule has 1 aromatic carbocycles. The first-order valence-corrected chi connectivity index (χ1v) is 9.09. The van der Waals surface area contributed by atoms with E-state index in [-0.39, 0.29) is 24.0 Å². The van der Waals surface area contributed by atoms with Gasteiger partial charge < -0.3 is 15.0 Å². The van der Waals surface area contributed by atoms with Crippen molar-refractivity contribution < 1.29 is 4.74 Å². The van der Waals surface area contributed by atoms with Crippen LogP contribution in [0.3, 0.4) is 0 Å². The molecule has 0 saturated carbocycles. The fourth-order valence-electron chi connectivity index (χ4n) is 2.62. The molecule has 1 N–H and O–H groups in total. The summed E-state index contributed by atoms with van der Waals surface area (Å²) in [7, 11) is 5.77. The predicted octanol–water partition coefficient (Wildman–Crippen LogP) is 3.32. The fourth-order valence-corrected chi connectivity index (χ4v) is 2.62. The van der Waals surface area contributed by atoms with Gasteiger partial charge in [-0.1, -0.05) is 26.0 Å². The van der Waals surface area contributed by atoms with Gasteiger partial charge in [-0.05, 0) is 30.0 Å². The van der Waals surface area contributed by atoms with Crippen molar-refractivity contribution in [3.63, 3.8) is 0 Å². The number of hydrogen-bond donors (Lipinski definition) is 1. The topological polar surface area (TPSA) is 54.7 Å². The number of aliphatic imine (C=N–C) groups is 1. The van der Waals surface area contributed by atoms with Gasteiger partial charge in [0.1, 0.15) is 5.75 Å². The van der Waals surface area contributed by atoms with Crippen LogP contribution in [0.4, 0.5) is 0 Å². The van der Waals surface area contributed by atoms with Gasteiger partial charge in [-0.3, -0.25) is 9.67 Å². The van der Waals surface area contributed by atoms with Gasteiger partial charge in [0.05, 0.1) is 12.8 Å². The molecular weight excluding hydrogens is 453 g/mol. The van der Waals surface area contributed by atoms with Crippen molar-refractivity contribution in [2.45, 2.75) is 26.8 Å². The first kappa shape index (κ1) is 23.3. The fraction of sp³-hybridized carbons (Fsp3) is 0.500. The normalized spacial score (nSPS) is 11.3. The molecule has 1 aromatic heterocycles. The zero-order valence-electron chi connectivity index (χ0n) is 17.0. The molecule has 0 fully saturated rings. The first-order chi connectivity index (χ1) is 12.5. The average molecular weight is 485 g/mol. The van der Waals surface area contributed by atoms with E-state index in [1.165, 1.54) is 5.56 Å². The quantitative estimate of drug-likeness (QED) is 0.354. The van der Waals surface area contributed by atoms with Gasteiger partial charge in [-0.25, -0.2) is 0 Å². The van der Waals surface area contributed by atoms with Crippen LogP contribution in [0.2, 0.25) is 0 Å². The van der Waals surface area contributed by atoms with Crippen LogP contribution < -0.4 is 10.1 Å². The summed E-state index contributed by atoms with van der Waals surface area (Å²) >= 11 is 0. The van der Waals surface area contributed by atoms with Crippen molar-refractivity contribution in [2.24, 2.45) is 18.0 Å². The monoisotopic (exact) mass is 485 g/mol. The second-order valence-electron chi connectivity index (χ2n) is 6.95. The zero-order chi connectivity index (χ0) is 18.9. The van der Waals surface area contributed by atoms with Crippen molar-refractivity contribution in [2.75, 3.05) is 27.2 Å². The number of aromatic nitrogens is 2. The van der Waals surface area contributed by atoms with E-state index in [0.717, 1.165) is 43.4 Å². The molecule has 1 heterocycles. The van der Waals surface area contributed by atoms with Crippen molar-refractivity contribution in [1.82, 2.24) is 20.0 Å². The lowest BCUT2D eigenvalue weighted by Gasteiger charge is -2.21. The lowest BCUT2D eigenvalue weighted by Crippen LogP contribution is -2.39. The second-order valence-corrected chi connectivity index (χ2v) is 6.95. The van der Waals surface area contributed by atoms with Gasteiger partial charge in [0, 0.05) is 46.0 Å². The van der Waals surface area contributed by atoms with E-state index in [1.807, 2.05) is 50.4 Å². The third-order valence-corrected chi connectivity index (χ3v) is 3.95. The summed E-state index contributed by atoms with van der Waals surface area (Å²) in [5.41, 5.74) is 2.44. The molecule has 150 valence electrons. The van der Waals surface area contributed by atoms with Crippen molar-refractivity contribution in [3.05, 3.63) is 47.8 Å². The molecule has 0 radical (unpaired) electrons. The molecule has 2 rings (SSSR count). The maximum Gasteiger partial charge on any atom is 0.193 e. The number of halogens is 1. The minimum absolute atomic E-state index is 0. The van der Waals surface area contributed by atoms with E-state index in [2.05, 4.69) is 46.3 Å². The van der Waals surface area contributed by atoms with Crippen molar-refractivity contribution >= 4 is 29.9 Å². The maximum absolute atomic E-state index is 5.72. The Bertz CT molecular complexity index is 697. The zero-order valence-corrected chi connectivity index (χ0v) is 19.3. The molecule has 0 aliphatic heterocycles. The van der Waals surface area contributed by atoms with Crippen LogP contribution in [0.25, 0.3) is 0 Å². The molecule has 0 bridgehead atoms. The number of benzene rings is 1. The minimum atomic E-state index is 0. The highest BCUT2D eigenvalue weighted by Gasteiger charge is 2.07. The van der Waals surface area contributed by atoms with E-state index in [9.17, 15) is 0 Å². The molecule has 27 heavy (non-hydrogen) atoms. The van der Waals surface area contributed by atoms with Gasteiger partial charge in [0.25, 0.3) is 0 Å². The third kappa shape index (κ3) is 8.19. The molecule has 6 nitrogen and oxygen atoms in total. The standard InChI is InChI=1S/C20H31N5O.HI/c1-16(2)15-26-19-8-6-17(7-9-19)10-11-22-20(21-3)24(4)13-18-12-23-25(5)14-18;/h6-9,12,14,16H,10-11,13,15H2,1-5H3,(H,21,22);1H. The summed E-state index contributed by atoms with van der Waals surface area (Å²) in [5, 5.41) is 7.62. The van der Waals surface area contributed by atoms with E-state index in [1.54, 1.807) is 0 Å². The Kier molecular flexibility index (Phi) is 10.2. The van der Waals surface area contributed by atoms with Crippen molar-refractivity contribution in [3.8, 4) is 5.75 Å². The minimum Gasteiger partial charge on any atom is -0.493 e. The first-order valence-electron chi connectivity index (χ1n) is 9.09.